The van der Waals surface area contributed by atoms with Gasteiger partial charge in [0.25, 0.3) is 5.91 Å². The second-order valence-corrected chi connectivity index (χ2v) is 9.73. The molecule has 2 aromatic rings. The number of rotatable bonds is 8. The third-order valence-electron chi connectivity index (χ3n) is 6.98. The van der Waals surface area contributed by atoms with Gasteiger partial charge in [-0.15, -0.1) is 0 Å². The number of hydrogen-bond donors (Lipinski definition) is 2. The lowest BCUT2D eigenvalue weighted by molar-refractivity contribution is -0.133. The average Bonchev–Trinajstić information content (AvgIpc) is 3.24. The molecule has 8 nitrogen and oxygen atoms in total. The number of nitrogens with one attached hydrogen (secondary N) is 2. The Morgan fingerprint density at radius 1 is 1.22 bits per heavy atom. The molecular formula is C24H37N5O3. The summed E-state index contributed by atoms with van der Waals surface area (Å²) in [5.41, 5.74) is 1.19. The molecule has 1 saturated carbocycles. The average molecular weight is 444 g/mol. The lowest BCUT2D eigenvalue weighted by atomic mass is 9.93. The van der Waals surface area contributed by atoms with Gasteiger partial charge in [0.15, 0.2) is 5.58 Å². The van der Waals surface area contributed by atoms with Gasteiger partial charge in [0.05, 0.1) is 18.3 Å². The molecule has 2 amide bonds. The highest BCUT2D eigenvalue weighted by atomic mass is 16.3. The molecule has 0 radical (unpaired) electrons. The van der Waals surface area contributed by atoms with Crippen LogP contribution < -0.4 is 10.6 Å². The quantitative estimate of drug-likeness (QED) is 0.484. The molecule has 2 N–H and O–H groups in total. The minimum Gasteiger partial charge on any atom is -0.463 e. The summed E-state index contributed by atoms with van der Waals surface area (Å²) in [7, 11) is 4.07. The van der Waals surface area contributed by atoms with Crippen molar-refractivity contribution in [1.82, 2.24) is 25.0 Å². The fraction of sp³-hybridized carbons (Fsp3) is 0.667. The lowest BCUT2D eigenvalue weighted by Gasteiger charge is -2.44. The van der Waals surface area contributed by atoms with E-state index in [4.69, 9.17) is 4.42 Å². The number of likely N-dealkylation sites (N-methyl/N-ethyl adjacent to an activating group) is 1. The van der Waals surface area contributed by atoms with Gasteiger partial charge < -0.3 is 29.4 Å². The molecule has 3 heterocycles. The molecule has 1 aliphatic carbocycles. The molecule has 1 atom stereocenters. The molecule has 2 aromatic heterocycles. The van der Waals surface area contributed by atoms with Crippen LogP contribution in [0.4, 0.5) is 0 Å². The van der Waals surface area contributed by atoms with Gasteiger partial charge in [-0.25, -0.2) is 0 Å². The largest absolute Gasteiger partial charge is 0.463 e. The van der Waals surface area contributed by atoms with Crippen LogP contribution in [-0.4, -0.2) is 78.0 Å². The van der Waals surface area contributed by atoms with Crippen molar-refractivity contribution in [2.24, 2.45) is 0 Å². The Balaban J connectivity index is 1.56. The number of aromatic nitrogens is 1. The zero-order valence-electron chi connectivity index (χ0n) is 19.7. The summed E-state index contributed by atoms with van der Waals surface area (Å²) in [4.78, 5) is 31.1. The number of carbonyl (C=O) groups is 2. The van der Waals surface area contributed by atoms with E-state index in [0.717, 1.165) is 44.3 Å². The van der Waals surface area contributed by atoms with Crippen molar-refractivity contribution in [3.05, 3.63) is 24.1 Å². The van der Waals surface area contributed by atoms with Crippen molar-refractivity contribution in [2.75, 3.05) is 40.3 Å². The first kappa shape index (κ1) is 22.9. The van der Waals surface area contributed by atoms with Crippen molar-refractivity contribution in [3.8, 4) is 0 Å². The van der Waals surface area contributed by atoms with Crippen LogP contribution in [0, 0.1) is 0 Å². The second kappa shape index (κ2) is 9.67. The third kappa shape index (κ3) is 4.57. The molecule has 32 heavy (non-hydrogen) atoms. The van der Waals surface area contributed by atoms with E-state index < -0.39 is 5.54 Å². The number of hydrogen-bond acceptors (Lipinski definition) is 5. The van der Waals surface area contributed by atoms with Gasteiger partial charge in [-0.1, -0.05) is 25.7 Å². The fourth-order valence-corrected chi connectivity index (χ4v) is 5.01. The minimum atomic E-state index is -0.956. The normalized spacial score (nSPS) is 22.4. The molecular weight excluding hydrogens is 406 g/mol. The van der Waals surface area contributed by atoms with Gasteiger partial charge in [0, 0.05) is 44.4 Å². The van der Waals surface area contributed by atoms with Crippen LogP contribution in [0.15, 0.2) is 22.8 Å². The standard InChI is InChI=1S/C24H37N5O3/c1-24(23(31)26-18-8-6-4-5-7-9-18)17-28-19-10-15-32-21(19)16-20(28)22(30)29(24)14-12-25-11-13-27(2)3/h10,15-16,18,25H,4-9,11-14,17H2,1-3H3,(H,26,31). The van der Waals surface area contributed by atoms with Crippen molar-refractivity contribution in [3.63, 3.8) is 0 Å². The first-order valence-corrected chi connectivity index (χ1v) is 12.0. The molecule has 1 fully saturated rings. The van der Waals surface area contributed by atoms with E-state index in [-0.39, 0.29) is 17.9 Å². The van der Waals surface area contributed by atoms with E-state index in [2.05, 4.69) is 15.5 Å². The van der Waals surface area contributed by atoms with Crippen LogP contribution in [-0.2, 0) is 11.3 Å². The summed E-state index contributed by atoms with van der Waals surface area (Å²) < 4.78 is 7.49. The fourth-order valence-electron chi connectivity index (χ4n) is 5.01. The lowest BCUT2D eigenvalue weighted by Crippen LogP contribution is -2.65. The Kier molecular flexibility index (Phi) is 6.90. The number of fused-ring (bicyclic) bond motifs is 3. The predicted molar refractivity (Wildman–Crippen MR) is 125 cm³/mol. The Morgan fingerprint density at radius 2 is 1.97 bits per heavy atom. The second-order valence-electron chi connectivity index (χ2n) is 9.73. The minimum absolute atomic E-state index is 0.0537. The van der Waals surface area contributed by atoms with Crippen LogP contribution in [0.1, 0.15) is 55.9 Å². The molecule has 1 unspecified atom stereocenters. The summed E-state index contributed by atoms with van der Waals surface area (Å²) in [6.45, 7) is 5.21. The number of nitrogens with zero attached hydrogens (tertiary/aromatic N) is 3. The maximum Gasteiger partial charge on any atom is 0.271 e. The number of carbonyl (C=O) groups excluding carboxylic acids is 2. The van der Waals surface area contributed by atoms with Crippen LogP contribution in [0.3, 0.4) is 0 Å². The van der Waals surface area contributed by atoms with E-state index in [1.165, 1.54) is 12.8 Å². The monoisotopic (exact) mass is 443 g/mol. The molecule has 0 spiro atoms. The Hall–Kier alpha value is -2.32. The Morgan fingerprint density at radius 3 is 2.69 bits per heavy atom. The van der Waals surface area contributed by atoms with Gasteiger partial charge in [0.2, 0.25) is 5.91 Å². The van der Waals surface area contributed by atoms with Crippen molar-refractivity contribution in [1.29, 1.82) is 0 Å². The first-order chi connectivity index (χ1) is 15.4. The van der Waals surface area contributed by atoms with Crippen LogP contribution >= 0.6 is 0 Å². The summed E-state index contributed by atoms with van der Waals surface area (Å²) in [5, 5.41) is 6.71. The maximum absolute atomic E-state index is 13.7. The Bertz CT molecular complexity index is 941. The topological polar surface area (TPSA) is 82.8 Å². The van der Waals surface area contributed by atoms with Gasteiger partial charge in [-0.2, -0.15) is 0 Å². The molecule has 0 aromatic carbocycles. The first-order valence-electron chi connectivity index (χ1n) is 12.0. The maximum atomic E-state index is 13.7. The van der Waals surface area contributed by atoms with Crippen LogP contribution in [0.2, 0.25) is 0 Å². The molecule has 0 saturated heterocycles. The third-order valence-corrected chi connectivity index (χ3v) is 6.98. The highest BCUT2D eigenvalue weighted by Gasteiger charge is 2.48. The zero-order valence-corrected chi connectivity index (χ0v) is 19.7. The van der Waals surface area contributed by atoms with Crippen LogP contribution in [0.5, 0.6) is 0 Å². The number of furan rings is 1. The smallest absolute Gasteiger partial charge is 0.271 e. The summed E-state index contributed by atoms with van der Waals surface area (Å²) in [6, 6.07) is 3.86. The molecule has 4 rings (SSSR count). The van der Waals surface area contributed by atoms with Gasteiger partial charge >= 0.3 is 0 Å². The zero-order chi connectivity index (χ0) is 22.7. The summed E-state index contributed by atoms with van der Waals surface area (Å²) >= 11 is 0. The highest BCUT2D eigenvalue weighted by molar-refractivity contribution is 6.02. The SMILES string of the molecule is CN(C)CCNCCN1C(=O)c2cc3occc3n2CC1(C)C(=O)NC1CCCCCC1. The summed E-state index contributed by atoms with van der Waals surface area (Å²) in [6.07, 6.45) is 8.43. The number of amides is 2. The van der Waals surface area contributed by atoms with E-state index in [9.17, 15) is 9.59 Å². The molecule has 2 aliphatic rings. The predicted octanol–water partition coefficient (Wildman–Crippen LogP) is 2.44. The van der Waals surface area contributed by atoms with E-state index in [1.54, 1.807) is 17.2 Å². The van der Waals surface area contributed by atoms with E-state index >= 15 is 0 Å². The van der Waals surface area contributed by atoms with Gasteiger partial charge in [-0.05, 0) is 33.9 Å². The van der Waals surface area contributed by atoms with Gasteiger partial charge in [-0.3, -0.25) is 9.59 Å². The molecule has 176 valence electrons. The van der Waals surface area contributed by atoms with Crippen LogP contribution in [0.25, 0.3) is 11.1 Å². The molecule has 0 bridgehead atoms. The van der Waals surface area contributed by atoms with Gasteiger partial charge in [0.1, 0.15) is 11.2 Å². The van der Waals surface area contributed by atoms with E-state index in [0.29, 0.717) is 30.9 Å². The molecule has 8 heteroatoms. The summed E-state index contributed by atoms with van der Waals surface area (Å²) in [5.74, 6) is -0.169. The van der Waals surface area contributed by atoms with Crippen molar-refractivity contribution < 1.29 is 14.0 Å². The van der Waals surface area contributed by atoms with E-state index in [1.807, 2.05) is 31.7 Å². The highest BCUT2D eigenvalue weighted by Crippen LogP contribution is 2.33. The molecule has 1 aliphatic heterocycles. The Labute approximate surface area is 190 Å². The van der Waals surface area contributed by atoms with Crippen molar-refractivity contribution in [2.45, 2.75) is 63.6 Å². The van der Waals surface area contributed by atoms with Crippen molar-refractivity contribution >= 4 is 22.9 Å².